The van der Waals surface area contributed by atoms with Gasteiger partial charge in [-0.2, -0.15) is 5.10 Å². The second-order valence-corrected chi connectivity index (χ2v) is 3.56. The SMILES string of the molecule is Nc1cccc2c1cnn2C1COC1. The van der Waals surface area contributed by atoms with E-state index in [1.165, 1.54) is 0 Å². The van der Waals surface area contributed by atoms with Gasteiger partial charge in [0, 0.05) is 11.1 Å². The molecule has 3 rings (SSSR count). The predicted octanol–water partition coefficient (Wildman–Crippen LogP) is 1.19. The van der Waals surface area contributed by atoms with Crippen LogP contribution in [0.4, 0.5) is 5.69 Å². The van der Waals surface area contributed by atoms with Crippen molar-refractivity contribution >= 4 is 16.6 Å². The average molecular weight is 189 g/mol. The van der Waals surface area contributed by atoms with E-state index in [9.17, 15) is 0 Å². The van der Waals surface area contributed by atoms with Crippen LogP contribution in [0.1, 0.15) is 6.04 Å². The van der Waals surface area contributed by atoms with E-state index in [2.05, 4.69) is 5.10 Å². The highest BCUT2D eigenvalue weighted by Crippen LogP contribution is 2.25. The fourth-order valence-corrected chi connectivity index (χ4v) is 1.75. The molecule has 14 heavy (non-hydrogen) atoms. The van der Waals surface area contributed by atoms with Gasteiger partial charge in [-0.3, -0.25) is 4.68 Å². The van der Waals surface area contributed by atoms with Crippen molar-refractivity contribution in [3.8, 4) is 0 Å². The van der Waals surface area contributed by atoms with Gasteiger partial charge in [-0.1, -0.05) is 6.07 Å². The van der Waals surface area contributed by atoms with E-state index in [1.54, 1.807) is 0 Å². The van der Waals surface area contributed by atoms with E-state index in [-0.39, 0.29) is 0 Å². The van der Waals surface area contributed by atoms with Gasteiger partial charge in [-0.25, -0.2) is 0 Å². The largest absolute Gasteiger partial charge is 0.398 e. The van der Waals surface area contributed by atoms with Crippen LogP contribution in [-0.2, 0) is 4.74 Å². The summed E-state index contributed by atoms with van der Waals surface area (Å²) in [6.07, 6.45) is 1.82. The van der Waals surface area contributed by atoms with Crippen molar-refractivity contribution in [3.05, 3.63) is 24.4 Å². The lowest BCUT2D eigenvalue weighted by atomic mass is 10.2. The lowest BCUT2D eigenvalue weighted by Crippen LogP contribution is -2.31. The molecular formula is C10H11N3O. The fourth-order valence-electron chi connectivity index (χ4n) is 1.75. The summed E-state index contributed by atoms with van der Waals surface area (Å²) in [5.74, 6) is 0. The first-order valence-electron chi connectivity index (χ1n) is 4.66. The van der Waals surface area contributed by atoms with E-state index < -0.39 is 0 Å². The lowest BCUT2D eigenvalue weighted by Gasteiger charge is -2.26. The van der Waals surface area contributed by atoms with Crippen LogP contribution in [0.25, 0.3) is 10.9 Å². The summed E-state index contributed by atoms with van der Waals surface area (Å²) in [6.45, 7) is 1.51. The molecule has 0 atom stereocenters. The minimum atomic E-state index is 0.384. The number of ether oxygens (including phenoxy) is 1. The van der Waals surface area contributed by atoms with Gasteiger partial charge in [-0.05, 0) is 12.1 Å². The van der Waals surface area contributed by atoms with Crippen LogP contribution in [0.15, 0.2) is 24.4 Å². The number of nitrogen functional groups attached to an aromatic ring is 1. The summed E-state index contributed by atoms with van der Waals surface area (Å²) in [7, 11) is 0. The molecule has 0 spiro atoms. The minimum absolute atomic E-state index is 0.384. The highest BCUT2D eigenvalue weighted by Gasteiger charge is 2.22. The van der Waals surface area contributed by atoms with Crippen molar-refractivity contribution in [2.45, 2.75) is 6.04 Å². The van der Waals surface area contributed by atoms with Gasteiger partial charge >= 0.3 is 0 Å². The molecule has 0 aliphatic carbocycles. The molecule has 4 nitrogen and oxygen atoms in total. The van der Waals surface area contributed by atoms with E-state index in [1.807, 2.05) is 29.1 Å². The summed E-state index contributed by atoms with van der Waals surface area (Å²) in [5, 5.41) is 5.36. The maximum Gasteiger partial charge on any atom is 0.0992 e. The number of benzene rings is 1. The van der Waals surface area contributed by atoms with Gasteiger partial charge in [0.1, 0.15) is 0 Å². The first-order valence-corrected chi connectivity index (χ1v) is 4.66. The number of hydrogen-bond acceptors (Lipinski definition) is 3. The normalized spacial score (nSPS) is 17.1. The van der Waals surface area contributed by atoms with Crippen LogP contribution in [0.5, 0.6) is 0 Å². The zero-order chi connectivity index (χ0) is 9.54. The van der Waals surface area contributed by atoms with Crippen molar-refractivity contribution in [1.29, 1.82) is 0 Å². The smallest absolute Gasteiger partial charge is 0.0992 e. The van der Waals surface area contributed by atoms with Gasteiger partial charge in [0.25, 0.3) is 0 Å². The van der Waals surface area contributed by atoms with Crippen LogP contribution < -0.4 is 5.73 Å². The number of fused-ring (bicyclic) bond motifs is 1. The molecule has 2 heterocycles. The summed E-state index contributed by atoms with van der Waals surface area (Å²) >= 11 is 0. The van der Waals surface area contributed by atoms with Crippen molar-refractivity contribution < 1.29 is 4.74 Å². The molecule has 1 fully saturated rings. The van der Waals surface area contributed by atoms with E-state index >= 15 is 0 Å². The molecule has 72 valence electrons. The quantitative estimate of drug-likeness (QED) is 0.685. The van der Waals surface area contributed by atoms with Crippen molar-refractivity contribution in [2.24, 2.45) is 0 Å². The van der Waals surface area contributed by atoms with Gasteiger partial charge in [0.15, 0.2) is 0 Å². The highest BCUT2D eigenvalue weighted by molar-refractivity contribution is 5.90. The first-order chi connectivity index (χ1) is 6.86. The maximum atomic E-state index is 5.84. The Bertz CT molecular complexity index is 473. The van der Waals surface area contributed by atoms with Crippen LogP contribution in [0.3, 0.4) is 0 Å². The summed E-state index contributed by atoms with van der Waals surface area (Å²) in [5.41, 5.74) is 7.73. The third kappa shape index (κ3) is 0.943. The topological polar surface area (TPSA) is 53.1 Å². The standard InChI is InChI=1S/C10H11N3O/c11-9-2-1-3-10-8(9)4-12-13(10)7-5-14-6-7/h1-4,7H,5-6,11H2. The molecule has 0 saturated carbocycles. The molecular weight excluding hydrogens is 178 g/mol. The minimum Gasteiger partial charge on any atom is -0.398 e. The Morgan fingerprint density at radius 3 is 3.00 bits per heavy atom. The highest BCUT2D eigenvalue weighted by atomic mass is 16.5. The Hall–Kier alpha value is -1.55. The first kappa shape index (κ1) is 7.82. The number of nitrogens with two attached hydrogens (primary N) is 1. The van der Waals surface area contributed by atoms with Gasteiger partial charge in [0.2, 0.25) is 0 Å². The third-order valence-electron chi connectivity index (χ3n) is 2.64. The molecule has 1 aliphatic rings. The Kier molecular flexibility index (Phi) is 1.52. The molecule has 1 aliphatic heterocycles. The molecule has 0 radical (unpaired) electrons. The molecule has 1 aromatic heterocycles. The van der Waals surface area contributed by atoms with Gasteiger partial charge < -0.3 is 10.5 Å². The van der Waals surface area contributed by atoms with Crippen LogP contribution >= 0.6 is 0 Å². The number of anilines is 1. The molecule has 1 aromatic carbocycles. The number of nitrogens with zero attached hydrogens (tertiary/aromatic N) is 2. The van der Waals surface area contributed by atoms with Crippen LogP contribution in [0.2, 0.25) is 0 Å². The predicted molar refractivity (Wildman–Crippen MR) is 54.0 cm³/mol. The monoisotopic (exact) mass is 189 g/mol. The third-order valence-corrected chi connectivity index (χ3v) is 2.64. The zero-order valence-electron chi connectivity index (χ0n) is 7.68. The van der Waals surface area contributed by atoms with Gasteiger partial charge in [0.05, 0.1) is 31.0 Å². The number of rotatable bonds is 1. The summed E-state index contributed by atoms with van der Waals surface area (Å²) in [4.78, 5) is 0. The van der Waals surface area contributed by atoms with Crippen LogP contribution in [0, 0.1) is 0 Å². The second kappa shape index (κ2) is 2.72. The second-order valence-electron chi connectivity index (χ2n) is 3.56. The Morgan fingerprint density at radius 1 is 1.43 bits per heavy atom. The summed E-state index contributed by atoms with van der Waals surface area (Å²) in [6, 6.07) is 6.27. The fraction of sp³-hybridized carbons (Fsp3) is 0.300. The van der Waals surface area contributed by atoms with Crippen molar-refractivity contribution in [1.82, 2.24) is 9.78 Å². The average Bonchev–Trinajstić information content (AvgIpc) is 2.48. The summed E-state index contributed by atoms with van der Waals surface area (Å²) < 4.78 is 7.14. The Morgan fingerprint density at radius 2 is 2.29 bits per heavy atom. The van der Waals surface area contributed by atoms with Crippen LogP contribution in [-0.4, -0.2) is 23.0 Å². The van der Waals surface area contributed by atoms with E-state index in [4.69, 9.17) is 10.5 Å². The Labute approximate surface area is 81.3 Å². The molecule has 0 amide bonds. The van der Waals surface area contributed by atoms with Gasteiger partial charge in [-0.15, -0.1) is 0 Å². The Balaban J connectivity index is 2.20. The van der Waals surface area contributed by atoms with Crippen molar-refractivity contribution in [3.63, 3.8) is 0 Å². The number of hydrogen-bond donors (Lipinski definition) is 1. The maximum absolute atomic E-state index is 5.84. The molecule has 0 bridgehead atoms. The molecule has 0 unspecified atom stereocenters. The molecule has 2 aromatic rings. The van der Waals surface area contributed by atoms with E-state index in [0.717, 1.165) is 29.8 Å². The number of aromatic nitrogens is 2. The zero-order valence-corrected chi connectivity index (χ0v) is 7.68. The molecule has 1 saturated heterocycles. The molecule has 2 N–H and O–H groups in total. The molecule has 4 heteroatoms. The van der Waals surface area contributed by atoms with Crippen molar-refractivity contribution in [2.75, 3.05) is 18.9 Å². The van der Waals surface area contributed by atoms with E-state index in [0.29, 0.717) is 6.04 Å². The lowest BCUT2D eigenvalue weighted by molar-refractivity contribution is -0.0266.